The zero-order valence-corrected chi connectivity index (χ0v) is 15.3. The number of carboxylic acids is 1. The van der Waals surface area contributed by atoms with Crippen LogP contribution in [0.4, 0.5) is 5.69 Å². The number of amides is 1. The molecule has 138 valence electrons. The Morgan fingerprint density at radius 2 is 1.69 bits per heavy atom. The van der Waals surface area contributed by atoms with Crippen LogP contribution in [0.5, 0.6) is 11.5 Å². The maximum absolute atomic E-state index is 12.7. The van der Waals surface area contributed by atoms with Gasteiger partial charge in [0.1, 0.15) is 17.1 Å². The highest BCUT2D eigenvalue weighted by atomic mass is 16.5. The van der Waals surface area contributed by atoms with E-state index >= 15 is 0 Å². The topological polar surface area (TPSA) is 84.9 Å². The van der Waals surface area contributed by atoms with Crippen LogP contribution in [0.2, 0.25) is 0 Å². The van der Waals surface area contributed by atoms with Crippen molar-refractivity contribution in [1.29, 1.82) is 0 Å². The van der Waals surface area contributed by atoms with Crippen molar-refractivity contribution in [2.75, 3.05) is 19.5 Å². The number of hydrogen-bond donors (Lipinski definition) is 2. The summed E-state index contributed by atoms with van der Waals surface area (Å²) >= 11 is 0. The number of methoxy groups -OCH3 is 2. The zero-order chi connectivity index (χ0) is 19.3. The molecule has 6 nitrogen and oxygen atoms in total. The van der Waals surface area contributed by atoms with Crippen molar-refractivity contribution in [1.82, 2.24) is 0 Å². The molecule has 6 heteroatoms. The minimum atomic E-state index is -1.09. The molecule has 0 aliphatic carbocycles. The third kappa shape index (κ3) is 4.33. The van der Waals surface area contributed by atoms with Crippen molar-refractivity contribution < 1.29 is 24.2 Å². The Bertz CT molecular complexity index is 814. The Balaban J connectivity index is 2.19. The molecule has 2 aromatic rings. The summed E-state index contributed by atoms with van der Waals surface area (Å²) in [7, 11) is 2.99. The van der Waals surface area contributed by atoms with E-state index in [-0.39, 0.29) is 17.2 Å². The molecule has 0 aliphatic rings. The molecule has 0 atom stereocenters. The number of aromatic carboxylic acids is 1. The molecule has 0 fully saturated rings. The van der Waals surface area contributed by atoms with Crippen molar-refractivity contribution in [3.05, 3.63) is 53.6 Å². The van der Waals surface area contributed by atoms with Gasteiger partial charge in [0.25, 0.3) is 0 Å². The minimum absolute atomic E-state index is 0.0405. The predicted molar refractivity (Wildman–Crippen MR) is 99.1 cm³/mol. The molecule has 0 heterocycles. The molecule has 0 saturated carbocycles. The number of nitrogens with one attached hydrogen (secondary N) is 1. The molecule has 0 bridgehead atoms. The van der Waals surface area contributed by atoms with Crippen molar-refractivity contribution in [2.45, 2.75) is 20.3 Å². The van der Waals surface area contributed by atoms with Gasteiger partial charge in [-0.15, -0.1) is 0 Å². The smallest absolute Gasteiger partial charge is 0.339 e. The molecule has 0 aliphatic heterocycles. The van der Waals surface area contributed by atoms with Crippen LogP contribution < -0.4 is 14.8 Å². The highest BCUT2D eigenvalue weighted by molar-refractivity contribution is 5.97. The molecule has 0 saturated heterocycles. The lowest BCUT2D eigenvalue weighted by Gasteiger charge is -2.25. The predicted octanol–water partition coefficient (Wildman–Crippen LogP) is 3.61. The largest absolute Gasteiger partial charge is 0.496 e. The second-order valence-electron chi connectivity index (χ2n) is 6.55. The number of rotatable bonds is 7. The van der Waals surface area contributed by atoms with Gasteiger partial charge in [0, 0.05) is 17.2 Å². The van der Waals surface area contributed by atoms with E-state index in [9.17, 15) is 9.59 Å². The minimum Gasteiger partial charge on any atom is -0.496 e. The van der Waals surface area contributed by atoms with Gasteiger partial charge in [-0.05, 0) is 30.2 Å². The molecule has 26 heavy (non-hydrogen) atoms. The maximum atomic E-state index is 12.7. The first-order valence-corrected chi connectivity index (χ1v) is 8.13. The zero-order valence-electron chi connectivity index (χ0n) is 15.3. The van der Waals surface area contributed by atoms with E-state index in [0.29, 0.717) is 12.1 Å². The highest BCUT2D eigenvalue weighted by Crippen LogP contribution is 2.30. The van der Waals surface area contributed by atoms with Crippen LogP contribution in [0.3, 0.4) is 0 Å². The fourth-order valence-electron chi connectivity index (χ4n) is 2.65. The fourth-order valence-corrected chi connectivity index (χ4v) is 2.65. The molecule has 2 aromatic carbocycles. The lowest BCUT2D eigenvalue weighted by molar-refractivity contribution is -0.123. The Kier molecular flexibility index (Phi) is 5.87. The van der Waals surface area contributed by atoms with E-state index in [0.717, 1.165) is 11.3 Å². The quantitative estimate of drug-likeness (QED) is 0.791. The molecule has 2 N–H and O–H groups in total. The van der Waals surface area contributed by atoms with Crippen LogP contribution in [-0.4, -0.2) is 31.2 Å². The Hall–Kier alpha value is -3.02. The van der Waals surface area contributed by atoms with Crippen molar-refractivity contribution >= 4 is 17.6 Å². The van der Waals surface area contributed by atoms with Gasteiger partial charge in [0.15, 0.2) is 0 Å². The lowest BCUT2D eigenvalue weighted by atomic mass is 9.84. The van der Waals surface area contributed by atoms with Gasteiger partial charge in [0.2, 0.25) is 5.91 Å². The number of carbonyl (C=O) groups excluding carboxylic acids is 1. The second-order valence-corrected chi connectivity index (χ2v) is 6.55. The SMILES string of the molecule is COc1ccccc1CC(C)(C)C(=O)Nc1ccc(C(=O)O)c(OC)c1. The van der Waals surface area contributed by atoms with Crippen LogP contribution in [0.25, 0.3) is 0 Å². The van der Waals surface area contributed by atoms with E-state index in [2.05, 4.69) is 5.32 Å². The van der Waals surface area contributed by atoms with E-state index in [1.54, 1.807) is 13.2 Å². The first kappa shape index (κ1) is 19.3. The molecule has 0 radical (unpaired) electrons. The van der Waals surface area contributed by atoms with Gasteiger partial charge in [0.05, 0.1) is 14.2 Å². The Labute approximate surface area is 152 Å². The summed E-state index contributed by atoms with van der Waals surface area (Å²) in [6.07, 6.45) is 0.493. The average molecular weight is 357 g/mol. The maximum Gasteiger partial charge on any atom is 0.339 e. The van der Waals surface area contributed by atoms with Crippen molar-refractivity contribution in [3.8, 4) is 11.5 Å². The van der Waals surface area contributed by atoms with Crippen molar-refractivity contribution in [2.24, 2.45) is 5.41 Å². The summed E-state index contributed by atoms with van der Waals surface area (Å²) in [5.41, 5.74) is 0.755. The molecule has 0 aromatic heterocycles. The number of hydrogen-bond acceptors (Lipinski definition) is 4. The molecule has 0 unspecified atom stereocenters. The summed E-state index contributed by atoms with van der Waals surface area (Å²) in [6, 6.07) is 12.0. The van der Waals surface area contributed by atoms with E-state index in [4.69, 9.17) is 14.6 Å². The second kappa shape index (κ2) is 7.91. The third-order valence-corrected chi connectivity index (χ3v) is 4.13. The molecular formula is C20H23NO5. The summed E-state index contributed by atoms with van der Waals surface area (Å²) < 4.78 is 10.4. The van der Waals surface area contributed by atoms with Gasteiger partial charge in [-0.3, -0.25) is 4.79 Å². The Morgan fingerprint density at radius 3 is 2.31 bits per heavy atom. The Morgan fingerprint density at radius 1 is 1.04 bits per heavy atom. The summed E-state index contributed by atoms with van der Waals surface area (Å²) in [5.74, 6) is -0.344. The van der Waals surface area contributed by atoms with Crippen LogP contribution in [-0.2, 0) is 11.2 Å². The van der Waals surface area contributed by atoms with E-state index in [1.165, 1.54) is 19.2 Å². The van der Waals surface area contributed by atoms with Gasteiger partial charge < -0.3 is 19.9 Å². The number of carboxylic acid groups (broad SMARTS) is 1. The number of benzene rings is 2. The molecule has 1 amide bonds. The molecule has 2 rings (SSSR count). The number of para-hydroxylation sites is 1. The fraction of sp³-hybridized carbons (Fsp3) is 0.300. The van der Waals surface area contributed by atoms with Gasteiger partial charge in [-0.25, -0.2) is 4.79 Å². The first-order valence-electron chi connectivity index (χ1n) is 8.13. The summed E-state index contributed by atoms with van der Waals surface area (Å²) in [6.45, 7) is 3.69. The van der Waals surface area contributed by atoms with Gasteiger partial charge >= 0.3 is 5.97 Å². The summed E-state index contributed by atoms with van der Waals surface area (Å²) in [4.78, 5) is 23.9. The number of anilines is 1. The first-order chi connectivity index (χ1) is 12.3. The van der Waals surface area contributed by atoms with Gasteiger partial charge in [-0.1, -0.05) is 32.0 Å². The monoisotopic (exact) mass is 357 g/mol. The van der Waals surface area contributed by atoms with Crippen LogP contribution >= 0.6 is 0 Å². The number of ether oxygens (including phenoxy) is 2. The number of carbonyl (C=O) groups is 2. The standard InChI is InChI=1S/C20H23NO5/c1-20(2,12-13-7-5-6-8-16(13)25-3)19(24)21-14-9-10-15(18(22)23)17(11-14)26-4/h5-11H,12H2,1-4H3,(H,21,24)(H,22,23). The summed E-state index contributed by atoms with van der Waals surface area (Å²) in [5, 5.41) is 12.0. The van der Waals surface area contributed by atoms with E-state index in [1.807, 2.05) is 38.1 Å². The third-order valence-electron chi connectivity index (χ3n) is 4.13. The average Bonchev–Trinajstić information content (AvgIpc) is 2.61. The lowest BCUT2D eigenvalue weighted by Crippen LogP contribution is -2.32. The van der Waals surface area contributed by atoms with E-state index < -0.39 is 11.4 Å². The van der Waals surface area contributed by atoms with Crippen LogP contribution in [0.15, 0.2) is 42.5 Å². The molecular weight excluding hydrogens is 334 g/mol. The normalized spacial score (nSPS) is 10.9. The molecule has 0 spiro atoms. The van der Waals surface area contributed by atoms with Crippen LogP contribution in [0, 0.1) is 5.41 Å². The highest BCUT2D eigenvalue weighted by Gasteiger charge is 2.29. The van der Waals surface area contributed by atoms with Gasteiger partial charge in [-0.2, -0.15) is 0 Å². The van der Waals surface area contributed by atoms with Crippen LogP contribution in [0.1, 0.15) is 29.8 Å². The van der Waals surface area contributed by atoms with Crippen molar-refractivity contribution in [3.63, 3.8) is 0 Å².